The van der Waals surface area contributed by atoms with E-state index in [2.05, 4.69) is 61.6 Å². The number of nitrogens with one attached hydrogen (secondary N) is 1. The van der Waals surface area contributed by atoms with Crippen LogP contribution in [0.2, 0.25) is 0 Å². The number of hydrogen-bond acceptors (Lipinski definition) is 2. The summed E-state index contributed by atoms with van der Waals surface area (Å²) in [6.45, 7) is 3.37. The first kappa shape index (κ1) is 14.5. The molecule has 2 heteroatoms. The van der Waals surface area contributed by atoms with E-state index < -0.39 is 0 Å². The molecule has 1 aliphatic rings. The summed E-state index contributed by atoms with van der Waals surface area (Å²) < 4.78 is 0. The summed E-state index contributed by atoms with van der Waals surface area (Å²) in [5, 5.41) is 3.81. The van der Waals surface area contributed by atoms with E-state index in [1.54, 1.807) is 0 Å². The predicted molar refractivity (Wildman–Crippen MR) is 82.4 cm³/mol. The van der Waals surface area contributed by atoms with Crippen molar-refractivity contribution in [2.24, 2.45) is 0 Å². The van der Waals surface area contributed by atoms with Crippen molar-refractivity contribution in [3.05, 3.63) is 35.9 Å². The van der Waals surface area contributed by atoms with Crippen molar-refractivity contribution in [3.8, 4) is 0 Å². The van der Waals surface area contributed by atoms with Crippen LogP contribution in [0.3, 0.4) is 0 Å². The number of benzene rings is 1. The lowest BCUT2D eigenvalue weighted by Crippen LogP contribution is -2.50. The van der Waals surface area contributed by atoms with Crippen LogP contribution >= 0.6 is 0 Å². The zero-order valence-electron chi connectivity index (χ0n) is 12.7. The highest BCUT2D eigenvalue weighted by Crippen LogP contribution is 2.33. The van der Waals surface area contributed by atoms with Gasteiger partial charge in [-0.2, -0.15) is 0 Å². The Kier molecular flexibility index (Phi) is 5.00. The van der Waals surface area contributed by atoms with E-state index in [1.807, 2.05) is 0 Å². The molecule has 0 aliphatic heterocycles. The minimum Gasteiger partial charge on any atom is -0.308 e. The Labute approximate surface area is 118 Å². The second-order valence-corrected chi connectivity index (χ2v) is 6.08. The minimum absolute atomic E-state index is 0.377. The normalized spacial score (nSPS) is 19.8. The maximum Gasteiger partial charge on any atom is 0.0328 e. The van der Waals surface area contributed by atoms with Crippen molar-refractivity contribution in [1.82, 2.24) is 10.2 Å². The average molecular weight is 260 g/mol. The van der Waals surface area contributed by atoms with Gasteiger partial charge in [0.15, 0.2) is 0 Å². The number of nitrogens with zero attached hydrogens (tertiary/aromatic N) is 1. The van der Waals surface area contributed by atoms with E-state index in [-0.39, 0.29) is 0 Å². The van der Waals surface area contributed by atoms with Crippen molar-refractivity contribution in [3.63, 3.8) is 0 Å². The molecule has 1 aliphatic carbocycles. The second-order valence-electron chi connectivity index (χ2n) is 6.08. The molecule has 0 radical (unpaired) electrons. The summed E-state index contributed by atoms with van der Waals surface area (Å²) in [4.78, 5) is 2.44. The summed E-state index contributed by atoms with van der Waals surface area (Å²) in [6.07, 6.45) is 6.56. The Hall–Kier alpha value is -0.860. The Bertz CT molecular complexity index is 366. The fourth-order valence-corrected chi connectivity index (χ4v) is 3.31. The smallest absolute Gasteiger partial charge is 0.0328 e. The quantitative estimate of drug-likeness (QED) is 0.840. The van der Waals surface area contributed by atoms with Crippen molar-refractivity contribution < 1.29 is 0 Å². The molecule has 2 nitrogen and oxygen atoms in total. The zero-order chi connectivity index (χ0) is 13.7. The maximum absolute atomic E-state index is 3.81. The Morgan fingerprint density at radius 1 is 1.16 bits per heavy atom. The molecule has 2 rings (SSSR count). The third-order valence-electron chi connectivity index (χ3n) is 4.77. The van der Waals surface area contributed by atoms with Gasteiger partial charge in [0, 0.05) is 18.1 Å². The first-order valence-corrected chi connectivity index (χ1v) is 7.64. The highest BCUT2D eigenvalue weighted by molar-refractivity contribution is 5.18. The number of likely N-dealkylation sites (N-methyl/N-ethyl adjacent to an activating group) is 1. The van der Waals surface area contributed by atoms with Gasteiger partial charge in [-0.15, -0.1) is 0 Å². The van der Waals surface area contributed by atoms with Gasteiger partial charge in [-0.1, -0.05) is 50.1 Å². The standard InChI is InChI=1S/C17H28N2/c1-4-16(15-10-6-5-7-11-15)18-14-17(19(2)3)12-8-9-13-17/h5-7,10-11,16,18H,4,8-9,12-14H2,1-3H3. The average Bonchev–Trinajstić information content (AvgIpc) is 2.91. The van der Waals surface area contributed by atoms with Gasteiger partial charge < -0.3 is 10.2 Å². The fraction of sp³-hybridized carbons (Fsp3) is 0.647. The van der Waals surface area contributed by atoms with Crippen LogP contribution in [0.25, 0.3) is 0 Å². The lowest BCUT2D eigenvalue weighted by molar-refractivity contribution is 0.148. The second kappa shape index (κ2) is 6.53. The van der Waals surface area contributed by atoms with E-state index in [0.29, 0.717) is 11.6 Å². The molecule has 0 saturated heterocycles. The van der Waals surface area contributed by atoms with Crippen LogP contribution in [0, 0.1) is 0 Å². The summed E-state index contributed by atoms with van der Waals surface area (Å²) in [5.74, 6) is 0. The van der Waals surface area contributed by atoms with Crippen molar-refractivity contribution >= 4 is 0 Å². The van der Waals surface area contributed by atoms with Gasteiger partial charge in [-0.05, 0) is 38.9 Å². The molecule has 0 bridgehead atoms. The van der Waals surface area contributed by atoms with Crippen molar-refractivity contribution in [2.75, 3.05) is 20.6 Å². The SMILES string of the molecule is CCC(NCC1(N(C)C)CCCC1)c1ccccc1. The monoisotopic (exact) mass is 260 g/mol. The topological polar surface area (TPSA) is 15.3 Å². The maximum atomic E-state index is 3.81. The summed E-state index contributed by atoms with van der Waals surface area (Å²) >= 11 is 0. The zero-order valence-corrected chi connectivity index (χ0v) is 12.7. The van der Waals surface area contributed by atoms with E-state index in [0.717, 1.165) is 13.0 Å². The molecule has 1 N–H and O–H groups in total. The molecule has 1 fully saturated rings. The molecule has 0 aromatic heterocycles. The lowest BCUT2D eigenvalue weighted by Gasteiger charge is -2.38. The van der Waals surface area contributed by atoms with Crippen molar-refractivity contribution in [1.29, 1.82) is 0 Å². The van der Waals surface area contributed by atoms with Crippen LogP contribution < -0.4 is 5.32 Å². The highest BCUT2D eigenvalue weighted by Gasteiger charge is 2.35. The van der Waals surface area contributed by atoms with Crippen LogP contribution in [0.4, 0.5) is 0 Å². The van der Waals surface area contributed by atoms with Crippen LogP contribution in [0.5, 0.6) is 0 Å². The Morgan fingerprint density at radius 2 is 1.79 bits per heavy atom. The third kappa shape index (κ3) is 3.37. The molecule has 106 valence electrons. The van der Waals surface area contributed by atoms with Crippen LogP contribution in [-0.2, 0) is 0 Å². The third-order valence-corrected chi connectivity index (χ3v) is 4.77. The largest absolute Gasteiger partial charge is 0.308 e. The molecule has 1 atom stereocenters. The molecule has 0 heterocycles. The van der Waals surface area contributed by atoms with Crippen LogP contribution in [-0.4, -0.2) is 31.1 Å². The van der Waals surface area contributed by atoms with Gasteiger partial charge in [-0.3, -0.25) is 0 Å². The van der Waals surface area contributed by atoms with E-state index >= 15 is 0 Å². The van der Waals surface area contributed by atoms with Gasteiger partial charge in [-0.25, -0.2) is 0 Å². The van der Waals surface area contributed by atoms with Crippen molar-refractivity contribution in [2.45, 2.75) is 50.6 Å². The summed E-state index contributed by atoms with van der Waals surface area (Å²) in [7, 11) is 4.47. The first-order chi connectivity index (χ1) is 9.18. The molecular formula is C17H28N2. The predicted octanol–water partition coefficient (Wildman–Crippen LogP) is 3.60. The fourth-order valence-electron chi connectivity index (χ4n) is 3.31. The minimum atomic E-state index is 0.377. The number of hydrogen-bond donors (Lipinski definition) is 1. The van der Waals surface area contributed by atoms with Crippen LogP contribution in [0.1, 0.15) is 50.6 Å². The summed E-state index contributed by atoms with van der Waals surface area (Å²) in [6, 6.07) is 11.3. The highest BCUT2D eigenvalue weighted by atomic mass is 15.2. The molecule has 1 aromatic carbocycles. The summed E-state index contributed by atoms with van der Waals surface area (Å²) in [5.41, 5.74) is 1.79. The molecule has 1 unspecified atom stereocenters. The molecule has 19 heavy (non-hydrogen) atoms. The Morgan fingerprint density at radius 3 is 2.32 bits per heavy atom. The molecule has 1 aromatic rings. The van der Waals surface area contributed by atoms with Gasteiger partial charge in [0.25, 0.3) is 0 Å². The molecule has 0 spiro atoms. The van der Waals surface area contributed by atoms with Gasteiger partial charge in [0.1, 0.15) is 0 Å². The van der Waals surface area contributed by atoms with Gasteiger partial charge in [0.05, 0.1) is 0 Å². The molecule has 1 saturated carbocycles. The van der Waals surface area contributed by atoms with Crippen LogP contribution in [0.15, 0.2) is 30.3 Å². The molecular weight excluding hydrogens is 232 g/mol. The van der Waals surface area contributed by atoms with E-state index in [9.17, 15) is 0 Å². The van der Waals surface area contributed by atoms with E-state index in [4.69, 9.17) is 0 Å². The number of rotatable bonds is 6. The van der Waals surface area contributed by atoms with Gasteiger partial charge >= 0.3 is 0 Å². The lowest BCUT2D eigenvalue weighted by atomic mass is 9.94. The Balaban J connectivity index is 1.99. The molecule has 0 amide bonds. The first-order valence-electron chi connectivity index (χ1n) is 7.64. The van der Waals surface area contributed by atoms with Gasteiger partial charge in [0.2, 0.25) is 0 Å². The van der Waals surface area contributed by atoms with E-state index in [1.165, 1.54) is 31.2 Å².